The van der Waals surface area contributed by atoms with Crippen LogP contribution in [-0.4, -0.2) is 25.1 Å². The van der Waals surface area contributed by atoms with Gasteiger partial charge < -0.3 is 9.57 Å². The average Bonchev–Trinajstić information content (AvgIpc) is 2.30. The van der Waals surface area contributed by atoms with Crippen LogP contribution in [0.4, 0.5) is 0 Å². The van der Waals surface area contributed by atoms with Crippen molar-refractivity contribution in [3.05, 3.63) is 27.7 Å². The molecule has 0 spiro atoms. The normalized spacial score (nSPS) is 10.4. The highest BCUT2D eigenvalue weighted by Crippen LogP contribution is 2.34. The van der Waals surface area contributed by atoms with Crippen LogP contribution in [-0.2, 0) is 9.63 Å². The van der Waals surface area contributed by atoms with Gasteiger partial charge >= 0.3 is 5.97 Å². The van der Waals surface area contributed by atoms with Crippen molar-refractivity contribution in [3.63, 3.8) is 0 Å². The summed E-state index contributed by atoms with van der Waals surface area (Å²) in [5.41, 5.74) is -0.0487. The van der Waals surface area contributed by atoms with Gasteiger partial charge in [0.05, 0.1) is 17.2 Å². The van der Waals surface area contributed by atoms with Crippen molar-refractivity contribution >= 4 is 41.2 Å². The summed E-state index contributed by atoms with van der Waals surface area (Å²) < 4.78 is 4.97. The van der Waals surface area contributed by atoms with Gasteiger partial charge in [0.15, 0.2) is 11.5 Å². The number of Topliss-reactive ketones (excluding diaryl/α,β-unsaturated/α-hetero) is 1. The Morgan fingerprint density at radius 3 is 2.44 bits per heavy atom. The van der Waals surface area contributed by atoms with Gasteiger partial charge in [-0.15, -0.1) is 0 Å². The molecular weight excluding hydrogens is 281 g/mol. The Hall–Kier alpha value is -1.59. The third kappa shape index (κ3) is 3.45. The van der Waals surface area contributed by atoms with Gasteiger partial charge in [0, 0.05) is 6.92 Å². The molecule has 0 bridgehead atoms. The number of benzene rings is 1. The second-order valence-electron chi connectivity index (χ2n) is 3.16. The first-order valence-corrected chi connectivity index (χ1v) is 5.50. The molecular formula is C11H9Cl2NO4. The van der Waals surface area contributed by atoms with Gasteiger partial charge in [0.25, 0.3) is 0 Å². The van der Waals surface area contributed by atoms with Gasteiger partial charge in [0.1, 0.15) is 11.8 Å². The van der Waals surface area contributed by atoms with Crippen LogP contribution in [0, 0.1) is 0 Å². The van der Waals surface area contributed by atoms with Crippen LogP contribution in [0.15, 0.2) is 17.3 Å². The Morgan fingerprint density at radius 1 is 1.28 bits per heavy atom. The molecule has 0 amide bonds. The summed E-state index contributed by atoms with van der Waals surface area (Å²) in [4.78, 5) is 26.8. The zero-order chi connectivity index (χ0) is 13.7. The van der Waals surface area contributed by atoms with Crippen LogP contribution in [0.3, 0.4) is 0 Å². The van der Waals surface area contributed by atoms with Gasteiger partial charge in [-0.1, -0.05) is 28.4 Å². The highest BCUT2D eigenvalue weighted by atomic mass is 35.5. The number of halogens is 2. The van der Waals surface area contributed by atoms with Crippen LogP contribution in [0.2, 0.25) is 10.0 Å². The molecule has 0 atom stereocenters. The van der Waals surface area contributed by atoms with E-state index in [0.29, 0.717) is 0 Å². The molecule has 96 valence electrons. The molecule has 1 aromatic rings. The number of nitrogens with zero attached hydrogens (tertiary/aromatic N) is 1. The van der Waals surface area contributed by atoms with E-state index in [4.69, 9.17) is 27.9 Å². The third-order valence-electron chi connectivity index (χ3n) is 1.84. The molecule has 0 N–H and O–H groups in total. The fourth-order valence-electron chi connectivity index (χ4n) is 1.12. The zero-order valence-corrected chi connectivity index (χ0v) is 11.1. The number of hydrogen-bond donors (Lipinski definition) is 0. The summed E-state index contributed by atoms with van der Waals surface area (Å²) in [6.45, 7) is 1.27. The molecule has 5 nitrogen and oxygen atoms in total. The van der Waals surface area contributed by atoms with Crippen molar-refractivity contribution in [3.8, 4) is 5.75 Å². The van der Waals surface area contributed by atoms with Crippen molar-refractivity contribution in [2.75, 3.05) is 7.11 Å². The summed E-state index contributed by atoms with van der Waals surface area (Å²) in [6.07, 6.45) is 0.864. The molecule has 1 aromatic carbocycles. The molecule has 0 saturated heterocycles. The van der Waals surface area contributed by atoms with E-state index in [1.54, 1.807) is 0 Å². The maximum atomic E-state index is 11.7. The average molecular weight is 290 g/mol. The summed E-state index contributed by atoms with van der Waals surface area (Å²) in [5, 5.41) is 3.53. The molecule has 0 aliphatic heterocycles. The summed E-state index contributed by atoms with van der Waals surface area (Å²) in [7, 11) is 1.34. The van der Waals surface area contributed by atoms with Crippen LogP contribution < -0.4 is 4.74 Å². The highest BCUT2D eigenvalue weighted by Gasteiger charge is 2.21. The van der Waals surface area contributed by atoms with Gasteiger partial charge in [-0.3, -0.25) is 4.79 Å². The van der Waals surface area contributed by atoms with Crippen molar-refractivity contribution in [2.24, 2.45) is 5.16 Å². The summed E-state index contributed by atoms with van der Waals surface area (Å²) in [5.74, 6) is -1.13. The Bertz CT molecular complexity index is 514. The first-order valence-electron chi connectivity index (χ1n) is 4.74. The van der Waals surface area contributed by atoms with Crippen LogP contribution in [0.5, 0.6) is 5.75 Å². The number of oxime groups is 1. The first kappa shape index (κ1) is 14.5. The van der Waals surface area contributed by atoms with E-state index in [1.165, 1.54) is 26.2 Å². The molecule has 0 heterocycles. The lowest BCUT2D eigenvalue weighted by Crippen LogP contribution is -2.06. The smallest absolute Gasteiger partial charge is 0.371 e. The van der Waals surface area contributed by atoms with E-state index in [-0.39, 0.29) is 27.1 Å². The van der Waals surface area contributed by atoms with E-state index in [2.05, 4.69) is 9.99 Å². The Kier molecular flexibility index (Phi) is 5.12. The van der Waals surface area contributed by atoms with Gasteiger partial charge in [-0.05, 0) is 12.1 Å². The summed E-state index contributed by atoms with van der Waals surface area (Å²) in [6, 6.07) is 2.91. The molecule has 0 saturated carbocycles. The SMILES string of the molecule is COc1c(Cl)ccc(Cl)c1C(=O)O/N=C/C(C)=O. The second-order valence-corrected chi connectivity index (χ2v) is 3.98. The lowest BCUT2D eigenvalue weighted by Gasteiger charge is -2.09. The van der Waals surface area contributed by atoms with Crippen LogP contribution in [0.1, 0.15) is 17.3 Å². The minimum Gasteiger partial charge on any atom is -0.494 e. The monoisotopic (exact) mass is 289 g/mol. The minimum absolute atomic E-state index is 0.0487. The van der Waals surface area contributed by atoms with Gasteiger partial charge in [0.2, 0.25) is 0 Å². The number of ketones is 1. The van der Waals surface area contributed by atoms with E-state index >= 15 is 0 Å². The standard InChI is InChI=1S/C11H9Cl2NO4/c1-6(15)5-14-18-11(16)9-7(12)3-4-8(13)10(9)17-2/h3-5H,1-2H3/b14-5+. The predicted molar refractivity (Wildman–Crippen MR) is 67.6 cm³/mol. The van der Waals surface area contributed by atoms with E-state index in [1.807, 2.05) is 0 Å². The molecule has 0 unspecified atom stereocenters. The maximum absolute atomic E-state index is 11.7. The lowest BCUT2D eigenvalue weighted by atomic mass is 10.2. The Labute approximate surface area is 113 Å². The Balaban J connectivity index is 3.05. The van der Waals surface area contributed by atoms with Crippen LogP contribution >= 0.6 is 23.2 Å². The largest absolute Gasteiger partial charge is 0.494 e. The summed E-state index contributed by atoms with van der Waals surface area (Å²) >= 11 is 11.7. The second kappa shape index (κ2) is 6.37. The molecule has 0 aliphatic rings. The fourth-order valence-corrected chi connectivity index (χ4v) is 1.58. The molecule has 18 heavy (non-hydrogen) atoms. The minimum atomic E-state index is -0.864. The van der Waals surface area contributed by atoms with Crippen molar-refractivity contribution in [1.82, 2.24) is 0 Å². The first-order chi connectivity index (χ1) is 8.47. The topological polar surface area (TPSA) is 65.0 Å². The molecule has 0 radical (unpaired) electrons. The quantitative estimate of drug-likeness (QED) is 0.486. The van der Waals surface area contributed by atoms with Gasteiger partial charge in [-0.25, -0.2) is 4.79 Å². The number of carbonyl (C=O) groups excluding carboxylic acids is 2. The molecule has 1 rings (SSSR count). The van der Waals surface area contributed by atoms with E-state index in [9.17, 15) is 9.59 Å². The highest BCUT2D eigenvalue weighted by molar-refractivity contribution is 6.37. The lowest BCUT2D eigenvalue weighted by molar-refractivity contribution is -0.110. The number of carbonyl (C=O) groups is 2. The molecule has 7 heteroatoms. The molecule has 0 aromatic heterocycles. The Morgan fingerprint density at radius 2 is 1.89 bits per heavy atom. The number of methoxy groups -OCH3 is 1. The van der Waals surface area contributed by atoms with Crippen molar-refractivity contribution in [1.29, 1.82) is 0 Å². The number of hydrogen-bond acceptors (Lipinski definition) is 5. The number of rotatable bonds is 4. The fraction of sp³-hybridized carbons (Fsp3) is 0.182. The molecule has 0 fully saturated rings. The predicted octanol–water partition coefficient (Wildman–Crippen LogP) is 2.73. The number of ether oxygens (including phenoxy) is 1. The third-order valence-corrected chi connectivity index (χ3v) is 2.45. The van der Waals surface area contributed by atoms with Crippen LogP contribution in [0.25, 0.3) is 0 Å². The van der Waals surface area contributed by atoms with E-state index < -0.39 is 5.97 Å². The van der Waals surface area contributed by atoms with Crippen molar-refractivity contribution < 1.29 is 19.2 Å². The van der Waals surface area contributed by atoms with E-state index in [0.717, 1.165) is 6.21 Å². The maximum Gasteiger partial charge on any atom is 0.371 e. The molecule has 0 aliphatic carbocycles. The van der Waals surface area contributed by atoms with Gasteiger partial charge in [-0.2, -0.15) is 0 Å². The van der Waals surface area contributed by atoms with Crippen molar-refractivity contribution in [2.45, 2.75) is 6.92 Å². The zero-order valence-electron chi connectivity index (χ0n) is 9.57.